The summed E-state index contributed by atoms with van der Waals surface area (Å²) in [6, 6.07) is 9.81. The van der Waals surface area contributed by atoms with Gasteiger partial charge in [-0.3, -0.25) is 9.59 Å². The molecular weight excluding hydrogens is 302 g/mol. The molecule has 3 N–H and O–H groups in total. The van der Waals surface area contributed by atoms with E-state index in [1.54, 1.807) is 0 Å². The molecule has 1 unspecified atom stereocenters. The highest BCUT2D eigenvalue weighted by molar-refractivity contribution is 5.85. The molecule has 1 aromatic rings. The second-order valence-corrected chi connectivity index (χ2v) is 5.37. The highest BCUT2D eigenvalue weighted by Crippen LogP contribution is 2.01. The number of carbonyl (C=O) groups excluding carboxylic acids is 2. The Kier molecular flexibility index (Phi) is 8.55. The Morgan fingerprint density at radius 1 is 1.18 bits per heavy atom. The van der Waals surface area contributed by atoms with Crippen LogP contribution in [0.25, 0.3) is 0 Å². The van der Waals surface area contributed by atoms with Gasteiger partial charge in [0.05, 0.1) is 6.42 Å². The summed E-state index contributed by atoms with van der Waals surface area (Å²) in [6.45, 7) is 2.26. The summed E-state index contributed by atoms with van der Waals surface area (Å²) >= 11 is 0. The molecule has 2 amide bonds. The number of carbonyl (C=O) groups is 2. The summed E-state index contributed by atoms with van der Waals surface area (Å²) in [5.74, 6) is -0.0444. The van der Waals surface area contributed by atoms with E-state index in [0.29, 0.717) is 19.4 Å². The third-order valence-electron chi connectivity index (χ3n) is 3.54. The number of nitrogens with one attached hydrogen (secondary N) is 3. The first kappa shape index (κ1) is 18.5. The summed E-state index contributed by atoms with van der Waals surface area (Å²) in [6.07, 6.45) is 2.81. The molecule has 1 aromatic carbocycles. The monoisotopic (exact) mass is 325 g/mol. The molecule has 1 aliphatic rings. The minimum absolute atomic E-state index is 0. The molecule has 0 saturated carbocycles. The van der Waals surface area contributed by atoms with E-state index >= 15 is 0 Å². The SMILES string of the molecule is Cl.O=C(Cc1ccccc1)NCCC(=O)NC1CCCNC1. The van der Waals surface area contributed by atoms with Crippen molar-refractivity contribution < 1.29 is 9.59 Å². The van der Waals surface area contributed by atoms with Crippen molar-refractivity contribution in [2.45, 2.75) is 31.7 Å². The number of piperidine rings is 1. The lowest BCUT2D eigenvalue weighted by atomic mass is 10.1. The van der Waals surface area contributed by atoms with Gasteiger partial charge >= 0.3 is 0 Å². The Labute approximate surface area is 137 Å². The van der Waals surface area contributed by atoms with Gasteiger partial charge in [-0.2, -0.15) is 0 Å². The van der Waals surface area contributed by atoms with Gasteiger partial charge in [0.1, 0.15) is 0 Å². The van der Waals surface area contributed by atoms with Crippen LogP contribution in [0.1, 0.15) is 24.8 Å². The quantitative estimate of drug-likeness (QED) is 0.731. The van der Waals surface area contributed by atoms with Crippen molar-refractivity contribution in [3.8, 4) is 0 Å². The van der Waals surface area contributed by atoms with Crippen LogP contribution in [0.2, 0.25) is 0 Å². The van der Waals surface area contributed by atoms with E-state index in [0.717, 1.165) is 31.5 Å². The molecule has 0 radical (unpaired) electrons. The zero-order chi connectivity index (χ0) is 14.9. The van der Waals surface area contributed by atoms with E-state index in [-0.39, 0.29) is 30.3 Å². The highest BCUT2D eigenvalue weighted by Gasteiger charge is 2.15. The molecule has 5 nitrogen and oxygen atoms in total. The molecule has 0 bridgehead atoms. The van der Waals surface area contributed by atoms with Gasteiger partial charge in [0, 0.05) is 25.6 Å². The van der Waals surface area contributed by atoms with Gasteiger partial charge in [-0.05, 0) is 24.9 Å². The van der Waals surface area contributed by atoms with Crippen LogP contribution in [0, 0.1) is 0 Å². The van der Waals surface area contributed by atoms with Crippen LogP contribution in [0.3, 0.4) is 0 Å². The number of halogens is 1. The Morgan fingerprint density at radius 2 is 1.95 bits per heavy atom. The van der Waals surface area contributed by atoms with Crippen molar-refractivity contribution in [2.24, 2.45) is 0 Å². The summed E-state index contributed by atoms with van der Waals surface area (Å²) in [4.78, 5) is 23.5. The standard InChI is InChI=1S/C16H23N3O2.ClH/c20-15(19-14-7-4-9-17-12-14)8-10-18-16(21)11-13-5-2-1-3-6-13;/h1-3,5-6,14,17H,4,7-12H2,(H,18,21)(H,19,20);1H. The fraction of sp³-hybridized carbons (Fsp3) is 0.500. The number of benzene rings is 1. The van der Waals surface area contributed by atoms with E-state index in [2.05, 4.69) is 16.0 Å². The van der Waals surface area contributed by atoms with Crippen LogP contribution >= 0.6 is 12.4 Å². The van der Waals surface area contributed by atoms with Crippen LogP contribution in [0.4, 0.5) is 0 Å². The van der Waals surface area contributed by atoms with Crippen molar-refractivity contribution in [1.29, 1.82) is 0 Å². The van der Waals surface area contributed by atoms with Crippen LogP contribution in [-0.4, -0.2) is 37.5 Å². The molecule has 2 rings (SSSR count). The number of rotatable bonds is 6. The van der Waals surface area contributed by atoms with Crippen molar-refractivity contribution in [3.63, 3.8) is 0 Å². The van der Waals surface area contributed by atoms with E-state index in [1.165, 1.54) is 0 Å². The largest absolute Gasteiger partial charge is 0.355 e. The number of hydrogen-bond donors (Lipinski definition) is 3. The summed E-state index contributed by atoms with van der Waals surface area (Å²) in [5.41, 5.74) is 0.979. The Bertz CT molecular complexity index is 462. The summed E-state index contributed by atoms with van der Waals surface area (Å²) < 4.78 is 0. The molecule has 1 saturated heterocycles. The first-order valence-electron chi connectivity index (χ1n) is 7.55. The maximum atomic E-state index is 11.8. The molecule has 1 fully saturated rings. The number of amides is 2. The molecule has 0 aromatic heterocycles. The first-order valence-corrected chi connectivity index (χ1v) is 7.55. The van der Waals surface area contributed by atoms with Gasteiger partial charge in [-0.25, -0.2) is 0 Å². The lowest BCUT2D eigenvalue weighted by molar-refractivity contribution is -0.122. The molecule has 1 atom stereocenters. The van der Waals surface area contributed by atoms with Gasteiger partial charge in [0.15, 0.2) is 0 Å². The van der Waals surface area contributed by atoms with E-state index < -0.39 is 0 Å². The predicted octanol–water partition coefficient (Wildman–Crippen LogP) is 1.03. The minimum Gasteiger partial charge on any atom is -0.355 e. The second kappa shape index (κ2) is 10.2. The zero-order valence-electron chi connectivity index (χ0n) is 12.6. The van der Waals surface area contributed by atoms with E-state index in [1.807, 2.05) is 30.3 Å². The van der Waals surface area contributed by atoms with Crippen LogP contribution in [0.15, 0.2) is 30.3 Å². The number of hydrogen-bond acceptors (Lipinski definition) is 3. The highest BCUT2D eigenvalue weighted by atomic mass is 35.5. The Morgan fingerprint density at radius 3 is 2.64 bits per heavy atom. The second-order valence-electron chi connectivity index (χ2n) is 5.37. The average molecular weight is 326 g/mol. The van der Waals surface area contributed by atoms with Crippen molar-refractivity contribution in [3.05, 3.63) is 35.9 Å². The Balaban J connectivity index is 0.00000242. The fourth-order valence-corrected chi connectivity index (χ4v) is 2.43. The van der Waals surface area contributed by atoms with Crippen LogP contribution < -0.4 is 16.0 Å². The molecule has 6 heteroatoms. The van der Waals surface area contributed by atoms with E-state index in [4.69, 9.17) is 0 Å². The van der Waals surface area contributed by atoms with E-state index in [9.17, 15) is 9.59 Å². The average Bonchev–Trinajstić information content (AvgIpc) is 2.49. The molecule has 0 spiro atoms. The molecule has 122 valence electrons. The molecule has 1 heterocycles. The summed E-state index contributed by atoms with van der Waals surface area (Å²) in [7, 11) is 0. The summed E-state index contributed by atoms with van der Waals surface area (Å²) in [5, 5.41) is 9.03. The van der Waals surface area contributed by atoms with Gasteiger partial charge in [0.25, 0.3) is 0 Å². The predicted molar refractivity (Wildman–Crippen MR) is 89.1 cm³/mol. The van der Waals surface area contributed by atoms with Gasteiger partial charge in [-0.15, -0.1) is 12.4 Å². The maximum Gasteiger partial charge on any atom is 0.224 e. The normalized spacial score (nSPS) is 17.2. The topological polar surface area (TPSA) is 70.2 Å². The fourth-order valence-electron chi connectivity index (χ4n) is 2.43. The first-order chi connectivity index (χ1) is 10.2. The molecule has 0 aliphatic carbocycles. The maximum absolute atomic E-state index is 11.8. The minimum atomic E-state index is -0.0478. The van der Waals surface area contributed by atoms with Crippen molar-refractivity contribution in [2.75, 3.05) is 19.6 Å². The molecular formula is C16H24ClN3O2. The van der Waals surface area contributed by atoms with Gasteiger partial charge in [-0.1, -0.05) is 30.3 Å². The van der Waals surface area contributed by atoms with Gasteiger partial charge < -0.3 is 16.0 Å². The third kappa shape index (κ3) is 6.91. The molecule has 22 heavy (non-hydrogen) atoms. The zero-order valence-corrected chi connectivity index (χ0v) is 13.5. The molecule has 1 aliphatic heterocycles. The lowest BCUT2D eigenvalue weighted by Crippen LogP contribution is -2.46. The van der Waals surface area contributed by atoms with Gasteiger partial charge in [0.2, 0.25) is 11.8 Å². The Hall–Kier alpha value is -1.59. The smallest absolute Gasteiger partial charge is 0.224 e. The lowest BCUT2D eigenvalue weighted by Gasteiger charge is -2.23. The van der Waals surface area contributed by atoms with Crippen molar-refractivity contribution >= 4 is 24.2 Å². The van der Waals surface area contributed by atoms with Crippen molar-refractivity contribution in [1.82, 2.24) is 16.0 Å². The van der Waals surface area contributed by atoms with Crippen LogP contribution in [-0.2, 0) is 16.0 Å². The third-order valence-corrected chi connectivity index (χ3v) is 3.54. The van der Waals surface area contributed by atoms with Crippen LogP contribution in [0.5, 0.6) is 0 Å².